The molecule has 0 aliphatic rings. The van der Waals surface area contributed by atoms with Crippen molar-refractivity contribution in [2.45, 2.75) is 0 Å². The first-order valence-electron chi connectivity index (χ1n) is 0.591. The molecule has 4 heavy (non-hydrogen) atoms. The Morgan fingerprint density at radius 2 is 2.00 bits per heavy atom. The van der Waals surface area contributed by atoms with Crippen LogP contribution in [0.15, 0.2) is 0 Å². The van der Waals surface area contributed by atoms with Crippen molar-refractivity contribution in [1.82, 2.24) is 0 Å². The summed E-state index contributed by atoms with van der Waals surface area (Å²) < 4.78 is 7.49. The van der Waals surface area contributed by atoms with E-state index in [0.717, 1.165) is 12.0 Å². The average Bonchev–Trinajstić information content (AvgIpc) is 0.918. The summed E-state index contributed by atoms with van der Waals surface area (Å²) in [5.41, 5.74) is 0. The molecule has 3 heteroatoms. The zero-order chi connectivity index (χ0) is 2.71. The molecule has 22 valence electrons. The summed E-state index contributed by atoms with van der Waals surface area (Å²) in [7, 11) is 0. The molecule has 1 N–H and O–H groups in total. The van der Waals surface area contributed by atoms with Crippen LogP contribution in [0.2, 0.25) is 0 Å². The molecule has 0 aromatic rings. The van der Waals surface area contributed by atoms with E-state index in [2.05, 4.69) is 0 Å². The molecule has 0 radical (unpaired) electrons. The number of hydrogen-bond donors (Lipinski definition) is 1. The third-order valence-electron chi connectivity index (χ3n) is 0. The maximum Gasteiger partial charge on any atom is 1.00 e. The molecule has 0 aliphatic carbocycles. The minimum absolute atomic E-state index is 0. The Labute approximate surface area is 53.8 Å². The first-order valence-corrected chi connectivity index (χ1v) is 1.77. The van der Waals surface area contributed by atoms with Crippen molar-refractivity contribution >= 4 is 12.0 Å². The van der Waals surface area contributed by atoms with Crippen LogP contribution >= 0.6 is 12.0 Å². The van der Waals surface area contributed by atoms with Crippen LogP contribution in [0.25, 0.3) is 0 Å². The molecular formula is CH5NaOS. The molecule has 0 spiro atoms. The van der Waals surface area contributed by atoms with Gasteiger partial charge in [-0.3, -0.25) is 0 Å². The standard InChI is InChI=1S/CH4OS.Na.H/c1-3-2;;/h2H,1H3;;/q;+1;-1. The van der Waals surface area contributed by atoms with Crippen molar-refractivity contribution in [3.05, 3.63) is 0 Å². The molecule has 0 saturated carbocycles. The van der Waals surface area contributed by atoms with Crippen LogP contribution in [0.1, 0.15) is 1.43 Å². The maximum atomic E-state index is 7.49. The van der Waals surface area contributed by atoms with Gasteiger partial charge in [-0.2, -0.15) is 0 Å². The summed E-state index contributed by atoms with van der Waals surface area (Å²) in [4.78, 5) is 0. The zero-order valence-corrected chi connectivity index (χ0v) is 5.67. The largest absolute Gasteiger partial charge is 1.00 e. The predicted octanol–water partition coefficient (Wildman–Crippen LogP) is -2.06. The summed E-state index contributed by atoms with van der Waals surface area (Å²) in [5, 5.41) is 0. The summed E-state index contributed by atoms with van der Waals surface area (Å²) in [6.45, 7) is 0. The van der Waals surface area contributed by atoms with Crippen LogP contribution in [0.5, 0.6) is 0 Å². The van der Waals surface area contributed by atoms with E-state index >= 15 is 0 Å². The van der Waals surface area contributed by atoms with Gasteiger partial charge in [-0.1, -0.05) is 0 Å². The first kappa shape index (κ1) is 9.00. The van der Waals surface area contributed by atoms with E-state index < -0.39 is 0 Å². The smallest absolute Gasteiger partial charge is 1.00 e. The molecule has 0 unspecified atom stereocenters. The topological polar surface area (TPSA) is 20.2 Å². The molecule has 0 aromatic carbocycles. The molecule has 0 aliphatic heterocycles. The van der Waals surface area contributed by atoms with E-state index in [-0.39, 0.29) is 31.0 Å². The van der Waals surface area contributed by atoms with E-state index in [1.165, 1.54) is 0 Å². The third kappa shape index (κ3) is 10.3. The average molecular weight is 88.1 g/mol. The second kappa shape index (κ2) is 8.85. The second-order valence-corrected chi connectivity index (χ2v) is 0.548. The van der Waals surface area contributed by atoms with Gasteiger partial charge in [0.15, 0.2) is 0 Å². The Kier molecular flexibility index (Phi) is 19.9. The van der Waals surface area contributed by atoms with Crippen LogP contribution in [-0.4, -0.2) is 10.8 Å². The Bertz CT molecular complexity index is 11.6. The van der Waals surface area contributed by atoms with Crippen molar-refractivity contribution in [3.63, 3.8) is 0 Å². The van der Waals surface area contributed by atoms with Gasteiger partial charge >= 0.3 is 29.6 Å². The van der Waals surface area contributed by atoms with E-state index in [1.807, 2.05) is 0 Å². The molecule has 0 heterocycles. The SMILES string of the molecule is CSO.[H-].[Na+]. The Balaban J connectivity index is -0.0000000200. The summed E-state index contributed by atoms with van der Waals surface area (Å²) in [6.07, 6.45) is 1.60. The minimum Gasteiger partial charge on any atom is -1.00 e. The summed E-state index contributed by atoms with van der Waals surface area (Å²) in [5.74, 6) is 0. The van der Waals surface area contributed by atoms with Gasteiger partial charge in [0.2, 0.25) is 0 Å². The first-order chi connectivity index (χ1) is 1.41. The van der Waals surface area contributed by atoms with Crippen LogP contribution in [-0.2, 0) is 0 Å². The fourth-order valence-electron chi connectivity index (χ4n) is 0. The van der Waals surface area contributed by atoms with Gasteiger partial charge in [0.1, 0.15) is 0 Å². The van der Waals surface area contributed by atoms with Gasteiger partial charge in [0.25, 0.3) is 0 Å². The quantitative estimate of drug-likeness (QED) is 0.271. The van der Waals surface area contributed by atoms with Crippen LogP contribution in [0.3, 0.4) is 0 Å². The van der Waals surface area contributed by atoms with Gasteiger partial charge < -0.3 is 5.98 Å². The molecule has 0 atom stereocenters. The van der Waals surface area contributed by atoms with Crippen LogP contribution in [0.4, 0.5) is 0 Å². The van der Waals surface area contributed by atoms with Crippen molar-refractivity contribution in [3.8, 4) is 0 Å². The second-order valence-electron chi connectivity index (χ2n) is 0.183. The fourth-order valence-corrected chi connectivity index (χ4v) is 0. The molecule has 0 bridgehead atoms. The Hall–Kier alpha value is 1.31. The maximum absolute atomic E-state index is 7.49. The van der Waals surface area contributed by atoms with Gasteiger partial charge in [-0.25, -0.2) is 0 Å². The van der Waals surface area contributed by atoms with Crippen molar-refractivity contribution in [2.75, 3.05) is 6.26 Å². The van der Waals surface area contributed by atoms with E-state index in [4.69, 9.17) is 4.55 Å². The minimum atomic E-state index is 0. The number of hydrogen-bond acceptors (Lipinski definition) is 2. The summed E-state index contributed by atoms with van der Waals surface area (Å²) in [6, 6.07) is 0. The van der Waals surface area contributed by atoms with E-state index in [1.54, 1.807) is 6.26 Å². The Morgan fingerprint density at radius 3 is 2.00 bits per heavy atom. The number of rotatable bonds is 0. The summed E-state index contributed by atoms with van der Waals surface area (Å²) >= 11 is 0.750. The molecule has 1 nitrogen and oxygen atoms in total. The van der Waals surface area contributed by atoms with Gasteiger partial charge in [-0.05, 0) is 12.0 Å². The molecule has 0 amide bonds. The van der Waals surface area contributed by atoms with Gasteiger partial charge in [0, 0.05) is 6.26 Å². The molecular weight excluding hydrogens is 83.1 g/mol. The molecule has 0 rings (SSSR count). The fraction of sp³-hybridized carbons (Fsp3) is 1.00. The Morgan fingerprint density at radius 1 is 2.00 bits per heavy atom. The third-order valence-corrected chi connectivity index (χ3v) is 0. The molecule has 0 aromatic heterocycles. The van der Waals surface area contributed by atoms with Crippen molar-refractivity contribution in [2.24, 2.45) is 0 Å². The molecule has 0 fully saturated rings. The van der Waals surface area contributed by atoms with E-state index in [9.17, 15) is 0 Å². The zero-order valence-electron chi connectivity index (χ0n) is 3.86. The van der Waals surface area contributed by atoms with Gasteiger partial charge in [-0.15, -0.1) is 0 Å². The molecule has 0 saturated heterocycles. The van der Waals surface area contributed by atoms with Gasteiger partial charge in [0.05, 0.1) is 0 Å². The van der Waals surface area contributed by atoms with Crippen LogP contribution in [0, 0.1) is 0 Å². The monoisotopic (exact) mass is 88.0 g/mol. The van der Waals surface area contributed by atoms with Crippen LogP contribution < -0.4 is 29.6 Å². The predicted molar refractivity (Wildman–Crippen MR) is 17.3 cm³/mol. The van der Waals surface area contributed by atoms with Crippen molar-refractivity contribution in [1.29, 1.82) is 0 Å². The van der Waals surface area contributed by atoms with E-state index in [0.29, 0.717) is 0 Å². The normalized spacial score (nSPS) is 4.50. The van der Waals surface area contributed by atoms with Crippen molar-refractivity contribution < 1.29 is 35.5 Å².